The number of hydrogen-bond donors (Lipinski definition) is 1. The smallest absolute Gasteiger partial charge is 0.295 e. The number of ether oxygens (including phenoxy) is 3. The minimum atomic E-state index is -0.524. The van der Waals surface area contributed by atoms with Crippen molar-refractivity contribution in [2.45, 2.75) is 43.6 Å². The van der Waals surface area contributed by atoms with E-state index in [0.29, 0.717) is 11.5 Å². The number of likely N-dealkylation sites (tertiary alicyclic amines) is 1. The molecule has 140 valence electrons. The molecule has 0 aromatic heterocycles. The maximum absolute atomic E-state index is 9.02. The zero-order chi connectivity index (χ0) is 18.3. The Bertz CT molecular complexity index is 561. The van der Waals surface area contributed by atoms with Gasteiger partial charge in [0.2, 0.25) is 0 Å². The molecule has 6 nitrogen and oxygen atoms in total. The summed E-state index contributed by atoms with van der Waals surface area (Å²) in [6.07, 6.45) is 6.61. The van der Waals surface area contributed by atoms with Crippen LogP contribution >= 0.6 is 0 Å². The highest BCUT2D eigenvalue weighted by Crippen LogP contribution is 2.49. The van der Waals surface area contributed by atoms with E-state index in [1.54, 1.807) is 14.2 Å². The quantitative estimate of drug-likeness (QED) is 0.649. The van der Waals surface area contributed by atoms with Gasteiger partial charge < -0.3 is 24.2 Å². The molecule has 2 fully saturated rings. The number of carbonyl (C=O) groups excluding carboxylic acids is 1. The number of carbonyl (C=O) groups is 1. The maximum atomic E-state index is 9.02. The third kappa shape index (κ3) is 4.07. The molecule has 1 heterocycles. The molecule has 3 rings (SSSR count). The number of aliphatic hydroxyl groups is 1. The van der Waals surface area contributed by atoms with Crippen molar-refractivity contribution in [2.75, 3.05) is 34.6 Å². The van der Waals surface area contributed by atoms with Gasteiger partial charge in [-0.05, 0) is 50.6 Å². The van der Waals surface area contributed by atoms with Gasteiger partial charge in [0.15, 0.2) is 18.3 Å². The Balaban J connectivity index is 0.000000399. The molecule has 25 heavy (non-hydrogen) atoms. The van der Waals surface area contributed by atoms with Crippen LogP contribution in [0.2, 0.25) is 0 Å². The minimum absolute atomic E-state index is 0.181. The maximum Gasteiger partial charge on any atom is 0.295 e. The Labute approximate surface area is 149 Å². The summed E-state index contributed by atoms with van der Waals surface area (Å²) >= 11 is 0. The van der Waals surface area contributed by atoms with Gasteiger partial charge >= 0.3 is 0 Å². The summed E-state index contributed by atoms with van der Waals surface area (Å²) in [5.41, 5.74) is 1.76. The third-order valence-electron chi connectivity index (χ3n) is 5.53. The lowest BCUT2D eigenvalue weighted by Crippen LogP contribution is -2.43. The molecule has 0 spiro atoms. The van der Waals surface area contributed by atoms with Gasteiger partial charge in [-0.3, -0.25) is 4.79 Å². The highest BCUT2D eigenvalue weighted by atomic mass is 16.6. The largest absolute Gasteiger partial charge is 0.493 e. The number of aliphatic hydroxyl groups excluding tert-OH is 1. The number of fused-ring (bicyclic) bond motifs is 1. The molecular formula is C19H29NO5. The van der Waals surface area contributed by atoms with Crippen molar-refractivity contribution >= 4 is 6.47 Å². The predicted molar refractivity (Wildman–Crippen MR) is 95.0 cm³/mol. The van der Waals surface area contributed by atoms with Gasteiger partial charge in [-0.25, -0.2) is 0 Å². The van der Waals surface area contributed by atoms with Crippen molar-refractivity contribution in [3.8, 4) is 11.5 Å². The van der Waals surface area contributed by atoms with Gasteiger partial charge in [-0.15, -0.1) is 0 Å². The Morgan fingerprint density at radius 2 is 2.00 bits per heavy atom. The lowest BCUT2D eigenvalue weighted by molar-refractivity contribution is -0.136. The average molecular weight is 351 g/mol. The molecule has 0 unspecified atom stereocenters. The van der Waals surface area contributed by atoms with E-state index >= 15 is 0 Å². The number of benzene rings is 1. The van der Waals surface area contributed by atoms with E-state index in [-0.39, 0.29) is 6.47 Å². The van der Waals surface area contributed by atoms with Crippen molar-refractivity contribution < 1.29 is 24.1 Å². The van der Waals surface area contributed by atoms with E-state index in [1.165, 1.54) is 44.2 Å². The molecule has 1 aliphatic heterocycles. The molecule has 2 atom stereocenters. The summed E-state index contributed by atoms with van der Waals surface area (Å²) in [4.78, 5) is 11.6. The fourth-order valence-corrected chi connectivity index (χ4v) is 4.34. The molecule has 1 N–H and O–H groups in total. The first-order valence-electron chi connectivity index (χ1n) is 8.71. The zero-order valence-corrected chi connectivity index (χ0v) is 15.4. The van der Waals surface area contributed by atoms with Crippen molar-refractivity contribution in [1.82, 2.24) is 4.90 Å². The molecule has 2 aliphatic rings. The Hall–Kier alpha value is -1.79. The number of rotatable bonds is 5. The standard InChI is InChI=1S/C17H25NO2.C2H4O3/c1-18-11-10-17(9-5-4-6-16(17)18)13-7-8-14(19-2)15(12-13)20-3;3-1-5-2-4/h7-8,12,16H,4-6,9-11H2,1-3H3;1,4H,2H2/t16-,17-;/m0./s1. The van der Waals surface area contributed by atoms with E-state index in [2.05, 4.69) is 34.9 Å². The van der Waals surface area contributed by atoms with Crippen molar-refractivity contribution in [3.05, 3.63) is 23.8 Å². The Morgan fingerprint density at radius 1 is 1.24 bits per heavy atom. The topological polar surface area (TPSA) is 68.2 Å². The third-order valence-corrected chi connectivity index (χ3v) is 5.53. The predicted octanol–water partition coefficient (Wildman–Crippen LogP) is 2.33. The van der Waals surface area contributed by atoms with Crippen molar-refractivity contribution in [1.29, 1.82) is 0 Å². The van der Waals surface area contributed by atoms with Crippen LogP contribution in [0.5, 0.6) is 11.5 Å². The van der Waals surface area contributed by atoms with E-state index in [0.717, 1.165) is 11.5 Å². The minimum Gasteiger partial charge on any atom is -0.493 e. The first-order chi connectivity index (χ1) is 12.1. The second kappa shape index (κ2) is 9.06. The van der Waals surface area contributed by atoms with Crippen LogP contribution in [0.3, 0.4) is 0 Å². The number of hydrogen-bond acceptors (Lipinski definition) is 6. The monoisotopic (exact) mass is 351 g/mol. The Kier molecular flexibility index (Phi) is 7.08. The second-order valence-corrected chi connectivity index (χ2v) is 6.61. The molecule has 0 bridgehead atoms. The van der Waals surface area contributed by atoms with Crippen LogP contribution in [0.15, 0.2) is 18.2 Å². The van der Waals surface area contributed by atoms with Crippen LogP contribution in [0, 0.1) is 0 Å². The normalized spacial score (nSPS) is 25.4. The second-order valence-electron chi connectivity index (χ2n) is 6.61. The summed E-state index contributed by atoms with van der Waals surface area (Å²) < 4.78 is 14.6. The highest BCUT2D eigenvalue weighted by molar-refractivity contribution is 5.46. The van der Waals surface area contributed by atoms with E-state index in [1.807, 2.05) is 0 Å². The lowest BCUT2D eigenvalue weighted by atomic mass is 9.66. The van der Waals surface area contributed by atoms with Gasteiger partial charge in [0.25, 0.3) is 6.47 Å². The molecule has 1 saturated carbocycles. The first kappa shape index (κ1) is 19.5. The first-order valence-corrected chi connectivity index (χ1v) is 8.71. The van der Waals surface area contributed by atoms with Crippen molar-refractivity contribution in [2.24, 2.45) is 0 Å². The fraction of sp³-hybridized carbons (Fsp3) is 0.632. The van der Waals surface area contributed by atoms with Crippen LogP contribution in [0.1, 0.15) is 37.7 Å². The van der Waals surface area contributed by atoms with Crippen LogP contribution in [0.4, 0.5) is 0 Å². The molecule has 0 radical (unpaired) electrons. The van der Waals surface area contributed by atoms with Crippen LogP contribution in [0.25, 0.3) is 0 Å². The van der Waals surface area contributed by atoms with Gasteiger partial charge in [0.05, 0.1) is 14.2 Å². The molecule has 1 aliphatic carbocycles. The molecule has 1 aromatic rings. The average Bonchev–Trinajstić information content (AvgIpc) is 3.00. The van der Waals surface area contributed by atoms with E-state index in [4.69, 9.17) is 19.4 Å². The van der Waals surface area contributed by atoms with Gasteiger partial charge in [0, 0.05) is 11.5 Å². The Morgan fingerprint density at radius 3 is 2.60 bits per heavy atom. The molecule has 1 aromatic carbocycles. The molecule has 6 heteroatoms. The fourth-order valence-electron chi connectivity index (χ4n) is 4.34. The SMILES string of the molecule is COc1ccc([C@@]23CCCC[C@@H]2N(C)CC3)cc1OC.O=COCO. The van der Waals surface area contributed by atoms with Crippen LogP contribution < -0.4 is 9.47 Å². The summed E-state index contributed by atoms with van der Waals surface area (Å²) in [6.45, 7) is 0.864. The lowest BCUT2D eigenvalue weighted by Gasteiger charge is -2.42. The van der Waals surface area contributed by atoms with Gasteiger partial charge in [-0.1, -0.05) is 18.9 Å². The van der Waals surface area contributed by atoms with E-state index in [9.17, 15) is 0 Å². The highest BCUT2D eigenvalue weighted by Gasteiger charge is 2.48. The summed E-state index contributed by atoms with van der Waals surface area (Å²) in [6, 6.07) is 7.21. The number of methoxy groups -OCH3 is 2. The summed E-state index contributed by atoms with van der Waals surface area (Å²) in [5.74, 6) is 1.68. The molecule has 1 saturated heterocycles. The van der Waals surface area contributed by atoms with Crippen LogP contribution in [-0.2, 0) is 14.9 Å². The van der Waals surface area contributed by atoms with Crippen molar-refractivity contribution in [3.63, 3.8) is 0 Å². The van der Waals surface area contributed by atoms with Gasteiger partial charge in [-0.2, -0.15) is 0 Å². The zero-order valence-electron chi connectivity index (χ0n) is 15.4. The molecule has 0 amide bonds. The van der Waals surface area contributed by atoms with Gasteiger partial charge in [0.1, 0.15) is 0 Å². The van der Waals surface area contributed by atoms with Crippen LogP contribution in [-0.4, -0.2) is 57.1 Å². The number of nitrogens with zero attached hydrogens (tertiary/aromatic N) is 1. The summed E-state index contributed by atoms with van der Waals surface area (Å²) in [7, 11) is 5.69. The number of likely N-dealkylation sites (N-methyl/N-ethyl adjacent to an activating group) is 1. The summed E-state index contributed by atoms with van der Waals surface area (Å²) in [5, 5.41) is 7.61. The van der Waals surface area contributed by atoms with E-state index < -0.39 is 6.79 Å². The molecular weight excluding hydrogens is 322 g/mol.